The third-order valence-corrected chi connectivity index (χ3v) is 5.03. The molecule has 2 aliphatic heterocycles. The van der Waals surface area contributed by atoms with Gasteiger partial charge >= 0.3 is 0 Å². The number of hydrogen-bond acceptors (Lipinski definition) is 4. The van der Waals surface area contributed by atoms with Crippen molar-refractivity contribution in [1.82, 2.24) is 24.2 Å². The monoisotopic (exact) mass is 285 g/mol. The maximum atomic E-state index is 4.66. The number of fused-ring (bicyclic) bond motifs is 2. The first-order valence-electron chi connectivity index (χ1n) is 8.10. The van der Waals surface area contributed by atoms with Gasteiger partial charge in [0.1, 0.15) is 0 Å². The quantitative estimate of drug-likeness (QED) is 0.861. The molecule has 112 valence electrons. The summed E-state index contributed by atoms with van der Waals surface area (Å²) < 4.78 is 2.02. The lowest BCUT2D eigenvalue weighted by Crippen LogP contribution is -2.55. The standard InChI is InChI=1S/C16H23N5/c1-2-14-11-19-7-3-5-15(19)12-21(14)10-13-9-20-8-4-6-17-16(20)18-13/h4,6,8-9,14-15H,2-3,5,7,10-12H2,1H3/t14-,15-/m0/s1. The SMILES string of the molecule is CC[C@H]1CN2CCC[C@H]2CN1Cc1cn2cccnc2n1. The molecule has 2 aromatic rings. The Bertz CT molecular complexity index is 589. The van der Waals surface area contributed by atoms with E-state index < -0.39 is 0 Å². The van der Waals surface area contributed by atoms with Crippen LogP contribution in [0.3, 0.4) is 0 Å². The molecule has 2 fully saturated rings. The number of hydrogen-bond donors (Lipinski definition) is 0. The summed E-state index contributed by atoms with van der Waals surface area (Å²) in [5.41, 5.74) is 1.14. The highest BCUT2D eigenvalue weighted by Gasteiger charge is 2.35. The summed E-state index contributed by atoms with van der Waals surface area (Å²) in [7, 11) is 0. The molecular weight excluding hydrogens is 262 g/mol. The second kappa shape index (κ2) is 5.39. The molecule has 0 amide bonds. The van der Waals surface area contributed by atoms with Gasteiger partial charge in [-0.2, -0.15) is 0 Å². The molecule has 0 aromatic carbocycles. The van der Waals surface area contributed by atoms with Gasteiger partial charge in [-0.1, -0.05) is 6.92 Å². The van der Waals surface area contributed by atoms with Crippen molar-refractivity contribution in [3.8, 4) is 0 Å². The van der Waals surface area contributed by atoms with Crippen molar-refractivity contribution in [2.45, 2.75) is 44.8 Å². The van der Waals surface area contributed by atoms with Gasteiger partial charge < -0.3 is 0 Å². The fourth-order valence-electron chi connectivity index (χ4n) is 3.89. The predicted octanol–water partition coefficient (Wildman–Crippen LogP) is 1.79. The van der Waals surface area contributed by atoms with Gasteiger partial charge in [0, 0.05) is 50.3 Å². The summed E-state index contributed by atoms with van der Waals surface area (Å²) in [6, 6.07) is 3.38. The van der Waals surface area contributed by atoms with Crippen LogP contribution in [-0.2, 0) is 6.54 Å². The minimum absolute atomic E-state index is 0.664. The van der Waals surface area contributed by atoms with Crippen LogP contribution in [0.25, 0.3) is 5.78 Å². The minimum atomic E-state index is 0.664. The second-order valence-electron chi connectivity index (χ2n) is 6.34. The van der Waals surface area contributed by atoms with Gasteiger partial charge in [0.15, 0.2) is 0 Å². The van der Waals surface area contributed by atoms with Crippen LogP contribution in [0, 0.1) is 0 Å². The van der Waals surface area contributed by atoms with Crippen molar-refractivity contribution in [3.05, 3.63) is 30.4 Å². The number of aromatic nitrogens is 3. The van der Waals surface area contributed by atoms with Crippen molar-refractivity contribution < 1.29 is 0 Å². The van der Waals surface area contributed by atoms with E-state index in [0.29, 0.717) is 6.04 Å². The van der Waals surface area contributed by atoms with Crippen molar-refractivity contribution >= 4 is 5.78 Å². The van der Waals surface area contributed by atoms with Gasteiger partial charge in [0.25, 0.3) is 0 Å². The number of piperazine rings is 1. The molecule has 0 aliphatic carbocycles. The van der Waals surface area contributed by atoms with E-state index in [1.54, 1.807) is 6.20 Å². The van der Waals surface area contributed by atoms with E-state index in [-0.39, 0.29) is 0 Å². The van der Waals surface area contributed by atoms with E-state index >= 15 is 0 Å². The van der Waals surface area contributed by atoms with Crippen LogP contribution in [0.4, 0.5) is 0 Å². The van der Waals surface area contributed by atoms with Crippen molar-refractivity contribution in [2.75, 3.05) is 19.6 Å². The average Bonchev–Trinajstić information content (AvgIpc) is 3.11. The maximum absolute atomic E-state index is 4.66. The lowest BCUT2D eigenvalue weighted by Gasteiger charge is -2.43. The zero-order valence-electron chi connectivity index (χ0n) is 12.6. The second-order valence-corrected chi connectivity index (χ2v) is 6.34. The van der Waals surface area contributed by atoms with Crippen LogP contribution < -0.4 is 0 Å². The Hall–Kier alpha value is -1.46. The molecule has 2 aliphatic rings. The molecule has 5 heteroatoms. The zero-order chi connectivity index (χ0) is 14.2. The third kappa shape index (κ3) is 2.45. The lowest BCUT2D eigenvalue weighted by molar-refractivity contribution is 0.0430. The van der Waals surface area contributed by atoms with Crippen LogP contribution in [0.2, 0.25) is 0 Å². The number of nitrogens with zero attached hydrogens (tertiary/aromatic N) is 5. The highest BCUT2D eigenvalue weighted by Crippen LogP contribution is 2.26. The summed E-state index contributed by atoms with van der Waals surface area (Å²) in [6.07, 6.45) is 9.89. The van der Waals surface area contributed by atoms with E-state index in [0.717, 1.165) is 24.1 Å². The van der Waals surface area contributed by atoms with E-state index in [1.165, 1.54) is 38.9 Å². The molecule has 4 heterocycles. The largest absolute Gasteiger partial charge is 0.298 e. The van der Waals surface area contributed by atoms with Crippen LogP contribution in [0.1, 0.15) is 31.9 Å². The van der Waals surface area contributed by atoms with Crippen LogP contribution in [0.5, 0.6) is 0 Å². The first kappa shape index (κ1) is 13.2. The fraction of sp³-hybridized carbons (Fsp3) is 0.625. The average molecular weight is 285 g/mol. The first-order chi connectivity index (χ1) is 10.3. The smallest absolute Gasteiger partial charge is 0.233 e. The molecule has 2 aromatic heterocycles. The highest BCUT2D eigenvalue weighted by atomic mass is 15.3. The molecule has 0 saturated carbocycles. The maximum Gasteiger partial charge on any atom is 0.233 e. The molecule has 2 atom stereocenters. The van der Waals surface area contributed by atoms with Gasteiger partial charge in [0.2, 0.25) is 5.78 Å². The molecule has 0 unspecified atom stereocenters. The van der Waals surface area contributed by atoms with Crippen molar-refractivity contribution in [2.24, 2.45) is 0 Å². The van der Waals surface area contributed by atoms with Gasteiger partial charge in [-0.15, -0.1) is 0 Å². The molecule has 4 rings (SSSR count). The van der Waals surface area contributed by atoms with Gasteiger partial charge in [-0.05, 0) is 31.9 Å². The Balaban J connectivity index is 1.54. The molecule has 5 nitrogen and oxygen atoms in total. The summed E-state index contributed by atoms with van der Waals surface area (Å²) in [4.78, 5) is 14.3. The van der Waals surface area contributed by atoms with E-state index in [4.69, 9.17) is 0 Å². The Morgan fingerprint density at radius 2 is 2.29 bits per heavy atom. The summed E-state index contributed by atoms with van der Waals surface area (Å²) in [5, 5.41) is 0. The van der Waals surface area contributed by atoms with Gasteiger partial charge in [-0.3, -0.25) is 14.2 Å². The van der Waals surface area contributed by atoms with Gasteiger partial charge in [0.05, 0.1) is 5.69 Å². The van der Waals surface area contributed by atoms with Crippen LogP contribution >= 0.6 is 0 Å². The minimum Gasteiger partial charge on any atom is -0.298 e. The Morgan fingerprint density at radius 3 is 3.14 bits per heavy atom. The Labute approximate surface area is 125 Å². The van der Waals surface area contributed by atoms with Gasteiger partial charge in [-0.25, -0.2) is 9.97 Å². The van der Waals surface area contributed by atoms with Crippen molar-refractivity contribution in [1.29, 1.82) is 0 Å². The number of imidazole rings is 1. The number of rotatable bonds is 3. The zero-order valence-corrected chi connectivity index (χ0v) is 12.6. The fourth-order valence-corrected chi connectivity index (χ4v) is 3.89. The normalized spacial score (nSPS) is 27.3. The van der Waals surface area contributed by atoms with E-state index in [1.807, 2.05) is 16.7 Å². The Morgan fingerprint density at radius 1 is 1.33 bits per heavy atom. The molecule has 0 radical (unpaired) electrons. The molecule has 0 spiro atoms. The molecule has 21 heavy (non-hydrogen) atoms. The summed E-state index contributed by atoms with van der Waals surface area (Å²) in [6.45, 7) is 6.98. The van der Waals surface area contributed by atoms with Crippen LogP contribution in [0.15, 0.2) is 24.7 Å². The molecule has 2 saturated heterocycles. The highest BCUT2D eigenvalue weighted by molar-refractivity contribution is 5.29. The van der Waals surface area contributed by atoms with E-state index in [2.05, 4.69) is 32.9 Å². The molecule has 0 N–H and O–H groups in total. The molecule has 0 bridgehead atoms. The summed E-state index contributed by atoms with van der Waals surface area (Å²) in [5.74, 6) is 0.806. The topological polar surface area (TPSA) is 36.7 Å². The third-order valence-electron chi connectivity index (χ3n) is 5.03. The predicted molar refractivity (Wildman–Crippen MR) is 82.1 cm³/mol. The summed E-state index contributed by atoms with van der Waals surface area (Å²) >= 11 is 0. The van der Waals surface area contributed by atoms with Crippen molar-refractivity contribution in [3.63, 3.8) is 0 Å². The molecular formula is C16H23N5. The van der Waals surface area contributed by atoms with Crippen LogP contribution in [-0.4, -0.2) is 55.9 Å². The lowest BCUT2D eigenvalue weighted by atomic mass is 10.0. The van der Waals surface area contributed by atoms with E-state index in [9.17, 15) is 0 Å². The first-order valence-corrected chi connectivity index (χ1v) is 8.10. The Kier molecular flexibility index (Phi) is 3.39.